The number of halogens is 2. The van der Waals surface area contributed by atoms with Crippen LogP contribution in [0, 0.1) is 5.82 Å². The number of esters is 1. The quantitative estimate of drug-likeness (QED) is 0.491. The third-order valence-corrected chi connectivity index (χ3v) is 6.70. The van der Waals surface area contributed by atoms with Crippen molar-refractivity contribution in [2.24, 2.45) is 0 Å². The van der Waals surface area contributed by atoms with Crippen LogP contribution in [0.15, 0.2) is 47.4 Å². The first-order valence-electron chi connectivity index (χ1n) is 9.08. The van der Waals surface area contributed by atoms with Gasteiger partial charge in [-0.25, -0.2) is 17.6 Å². The Kier molecular flexibility index (Phi) is 6.87. The number of hydrogen-bond acceptors (Lipinski definition) is 6. The van der Waals surface area contributed by atoms with Crippen molar-refractivity contribution >= 4 is 33.4 Å². The van der Waals surface area contributed by atoms with E-state index in [1.54, 1.807) is 0 Å². The summed E-state index contributed by atoms with van der Waals surface area (Å²) in [5, 5.41) is 0.455. The molecule has 0 bridgehead atoms. The van der Waals surface area contributed by atoms with E-state index in [1.807, 2.05) is 0 Å². The maximum Gasteiger partial charge on any atom is 0.338 e. The zero-order chi connectivity index (χ0) is 21.9. The number of Topliss-reactive ketones (excluding diaryl/α,β-unsaturated/α-hetero) is 1. The first kappa shape index (κ1) is 22.4. The van der Waals surface area contributed by atoms with Crippen molar-refractivity contribution in [1.82, 2.24) is 4.31 Å². The predicted molar refractivity (Wildman–Crippen MR) is 107 cm³/mol. The van der Waals surface area contributed by atoms with Gasteiger partial charge in [-0.15, -0.1) is 0 Å². The summed E-state index contributed by atoms with van der Waals surface area (Å²) in [5.74, 6) is -2.38. The molecule has 160 valence electrons. The van der Waals surface area contributed by atoms with Crippen LogP contribution >= 0.6 is 11.6 Å². The Bertz CT molecular complexity index is 1050. The fourth-order valence-corrected chi connectivity index (χ4v) is 4.51. The molecule has 1 aliphatic rings. The Hall–Kier alpha value is -2.33. The number of hydrogen-bond donors (Lipinski definition) is 0. The largest absolute Gasteiger partial charge is 0.451 e. The second kappa shape index (κ2) is 9.22. The Labute approximate surface area is 178 Å². The van der Waals surface area contributed by atoms with Gasteiger partial charge in [0.1, 0.15) is 10.7 Å². The van der Waals surface area contributed by atoms with Crippen LogP contribution in [0.2, 0.25) is 5.02 Å². The lowest BCUT2D eigenvalue weighted by Gasteiger charge is -2.26. The zero-order valence-electron chi connectivity index (χ0n) is 16.0. The van der Waals surface area contributed by atoms with Gasteiger partial charge < -0.3 is 9.47 Å². The lowest BCUT2D eigenvalue weighted by atomic mass is 10.1. The molecular formula is C20H19ClFNO6S. The number of ether oxygens (including phenoxy) is 2. The maximum absolute atomic E-state index is 14.3. The molecule has 2 aromatic rings. The number of carbonyl (C=O) groups excluding carboxylic acids is 2. The van der Waals surface area contributed by atoms with Crippen LogP contribution < -0.4 is 0 Å². The van der Waals surface area contributed by atoms with Crippen LogP contribution in [-0.2, 0) is 19.5 Å². The van der Waals surface area contributed by atoms with Gasteiger partial charge >= 0.3 is 5.97 Å². The SMILES string of the molecule is CC(OC(=O)c1ccc(F)c(S(=O)(=O)N2CCOCC2)c1)C(=O)c1ccc(Cl)cc1. The summed E-state index contributed by atoms with van der Waals surface area (Å²) in [6.07, 6.45) is -1.14. The molecule has 0 spiro atoms. The molecular weight excluding hydrogens is 437 g/mol. The van der Waals surface area contributed by atoms with Crippen LogP contribution in [0.4, 0.5) is 4.39 Å². The number of carbonyl (C=O) groups is 2. The molecule has 1 unspecified atom stereocenters. The number of morpholine rings is 1. The molecule has 0 saturated carbocycles. The highest BCUT2D eigenvalue weighted by atomic mass is 35.5. The molecule has 0 N–H and O–H groups in total. The monoisotopic (exact) mass is 455 g/mol. The molecule has 7 nitrogen and oxygen atoms in total. The second-order valence-electron chi connectivity index (χ2n) is 6.58. The van der Waals surface area contributed by atoms with E-state index in [4.69, 9.17) is 21.1 Å². The Balaban J connectivity index is 1.78. The Morgan fingerprint density at radius 1 is 1.10 bits per heavy atom. The molecule has 2 aromatic carbocycles. The van der Waals surface area contributed by atoms with E-state index in [0.717, 1.165) is 22.5 Å². The van der Waals surface area contributed by atoms with Gasteiger partial charge in [-0.3, -0.25) is 4.79 Å². The molecule has 30 heavy (non-hydrogen) atoms. The summed E-state index contributed by atoms with van der Waals surface area (Å²) in [7, 11) is -4.15. The summed E-state index contributed by atoms with van der Waals surface area (Å²) in [6.45, 7) is 1.97. The molecule has 1 aliphatic heterocycles. The zero-order valence-corrected chi connectivity index (χ0v) is 17.6. The molecule has 3 rings (SSSR count). The minimum Gasteiger partial charge on any atom is -0.451 e. The predicted octanol–water partition coefficient (Wildman–Crippen LogP) is 2.93. The van der Waals surface area contributed by atoms with Crippen molar-refractivity contribution in [3.05, 3.63) is 64.4 Å². The van der Waals surface area contributed by atoms with Crippen LogP contribution in [0.1, 0.15) is 27.6 Å². The average Bonchev–Trinajstić information content (AvgIpc) is 2.74. The lowest BCUT2D eigenvalue weighted by Crippen LogP contribution is -2.41. The molecule has 10 heteroatoms. The third kappa shape index (κ3) is 4.86. The summed E-state index contributed by atoms with van der Waals surface area (Å²) < 4.78 is 51.1. The molecule has 1 saturated heterocycles. The highest BCUT2D eigenvalue weighted by Gasteiger charge is 2.30. The van der Waals surface area contributed by atoms with Gasteiger partial charge in [-0.05, 0) is 49.4 Å². The van der Waals surface area contributed by atoms with Gasteiger partial charge in [-0.2, -0.15) is 4.31 Å². The number of sulfonamides is 1. The van der Waals surface area contributed by atoms with Gasteiger partial charge in [-0.1, -0.05) is 11.6 Å². The van der Waals surface area contributed by atoms with E-state index in [0.29, 0.717) is 10.6 Å². The maximum atomic E-state index is 14.3. The summed E-state index contributed by atoms with van der Waals surface area (Å²) in [6, 6.07) is 8.98. The van der Waals surface area contributed by atoms with Crippen LogP contribution in [0.3, 0.4) is 0 Å². The summed E-state index contributed by atoms with van der Waals surface area (Å²) in [4.78, 5) is 24.3. The highest BCUT2D eigenvalue weighted by molar-refractivity contribution is 7.89. The molecule has 1 atom stereocenters. The van der Waals surface area contributed by atoms with Crippen molar-refractivity contribution in [2.45, 2.75) is 17.9 Å². The molecule has 0 aromatic heterocycles. The minimum atomic E-state index is -4.15. The van der Waals surface area contributed by atoms with Gasteiger partial charge in [0.05, 0.1) is 18.8 Å². The Morgan fingerprint density at radius 3 is 2.33 bits per heavy atom. The van der Waals surface area contributed by atoms with Crippen LogP contribution in [0.5, 0.6) is 0 Å². The highest BCUT2D eigenvalue weighted by Crippen LogP contribution is 2.23. The van der Waals surface area contributed by atoms with Gasteiger partial charge in [0.2, 0.25) is 15.8 Å². The normalized spacial score (nSPS) is 16.1. The molecule has 0 aliphatic carbocycles. The van der Waals surface area contributed by atoms with E-state index >= 15 is 0 Å². The Morgan fingerprint density at radius 2 is 1.70 bits per heavy atom. The van der Waals surface area contributed by atoms with Gasteiger partial charge in [0.25, 0.3) is 0 Å². The second-order valence-corrected chi connectivity index (χ2v) is 8.92. The summed E-state index contributed by atoms with van der Waals surface area (Å²) in [5.41, 5.74) is 0.119. The van der Waals surface area contributed by atoms with E-state index in [9.17, 15) is 22.4 Å². The summed E-state index contributed by atoms with van der Waals surface area (Å²) >= 11 is 5.79. The van der Waals surface area contributed by atoms with E-state index in [1.165, 1.54) is 31.2 Å². The van der Waals surface area contributed by atoms with E-state index < -0.39 is 38.6 Å². The number of nitrogens with zero attached hydrogens (tertiary/aromatic N) is 1. The van der Waals surface area contributed by atoms with Gasteiger partial charge in [0, 0.05) is 23.7 Å². The third-order valence-electron chi connectivity index (χ3n) is 4.54. The number of benzene rings is 2. The lowest BCUT2D eigenvalue weighted by molar-refractivity contribution is 0.0318. The van der Waals surface area contributed by atoms with Crippen molar-refractivity contribution in [2.75, 3.05) is 26.3 Å². The van der Waals surface area contributed by atoms with Crippen molar-refractivity contribution < 1.29 is 31.9 Å². The van der Waals surface area contributed by atoms with Crippen molar-refractivity contribution in [1.29, 1.82) is 0 Å². The van der Waals surface area contributed by atoms with E-state index in [-0.39, 0.29) is 31.9 Å². The standard InChI is InChI=1S/C20H19ClFNO6S/c1-13(19(24)14-2-5-16(21)6-3-14)29-20(25)15-4-7-17(22)18(12-15)30(26,27)23-8-10-28-11-9-23/h2-7,12-13H,8-11H2,1H3. The first-order valence-corrected chi connectivity index (χ1v) is 10.9. The molecule has 0 radical (unpaired) electrons. The number of ketones is 1. The van der Waals surface area contributed by atoms with Crippen LogP contribution in [-0.4, -0.2) is 56.9 Å². The van der Waals surface area contributed by atoms with Crippen molar-refractivity contribution in [3.8, 4) is 0 Å². The number of rotatable bonds is 6. The topological polar surface area (TPSA) is 90.0 Å². The minimum absolute atomic E-state index is 0.0864. The fraction of sp³-hybridized carbons (Fsp3) is 0.300. The molecule has 1 heterocycles. The van der Waals surface area contributed by atoms with Crippen molar-refractivity contribution in [3.63, 3.8) is 0 Å². The van der Waals surface area contributed by atoms with E-state index in [2.05, 4.69) is 0 Å². The first-order chi connectivity index (χ1) is 14.2. The fourth-order valence-electron chi connectivity index (χ4n) is 2.89. The molecule has 0 amide bonds. The van der Waals surface area contributed by atoms with Gasteiger partial charge in [0.15, 0.2) is 6.10 Å². The molecule has 1 fully saturated rings. The smallest absolute Gasteiger partial charge is 0.338 e. The average molecular weight is 456 g/mol. The van der Waals surface area contributed by atoms with Crippen LogP contribution in [0.25, 0.3) is 0 Å².